The van der Waals surface area contributed by atoms with Gasteiger partial charge in [-0.2, -0.15) is 0 Å². The standard InChI is InChI=1S/C20H27N3O4.ClH/c1-21-20(9-11-23(12-10-20)14-19(24)22-25)15-7-8-17(26-2)18(13-15)27-16-5-3-4-6-16;/h7-8,13,16,25H,3-6,9-12,14H2,2H3,(H,22,24);1H. The number of nitrogens with zero attached hydrogens (tertiary/aromatic N) is 2. The average molecular weight is 410 g/mol. The Balaban J connectivity index is 0.00000280. The molecule has 0 unspecified atom stereocenters. The van der Waals surface area contributed by atoms with Crippen LogP contribution in [0.1, 0.15) is 44.1 Å². The van der Waals surface area contributed by atoms with Crippen molar-refractivity contribution in [1.82, 2.24) is 10.4 Å². The van der Waals surface area contributed by atoms with Gasteiger partial charge in [-0.3, -0.25) is 14.9 Å². The molecule has 0 aromatic heterocycles. The number of methoxy groups -OCH3 is 1. The molecule has 3 rings (SSSR count). The molecular formula is C20H28ClN3O4. The molecule has 154 valence electrons. The topological polar surface area (TPSA) is 75.4 Å². The van der Waals surface area contributed by atoms with Crippen molar-refractivity contribution in [2.24, 2.45) is 0 Å². The maximum atomic E-state index is 11.4. The predicted octanol–water partition coefficient (Wildman–Crippen LogP) is 3.15. The van der Waals surface area contributed by atoms with Crippen LogP contribution >= 0.6 is 12.4 Å². The van der Waals surface area contributed by atoms with Crippen molar-refractivity contribution >= 4 is 18.3 Å². The Morgan fingerprint density at radius 1 is 1.32 bits per heavy atom. The SMILES string of the molecule is Cl.[C-]#[N+]C1(c2ccc(OC)c(OC3CCCC3)c2)CCN(CC(=O)NO)CC1. The van der Waals surface area contributed by atoms with Gasteiger partial charge < -0.3 is 14.3 Å². The lowest BCUT2D eigenvalue weighted by molar-refractivity contribution is -0.130. The van der Waals surface area contributed by atoms with Gasteiger partial charge in [-0.1, -0.05) is 0 Å². The highest BCUT2D eigenvalue weighted by molar-refractivity contribution is 5.85. The molecule has 1 saturated carbocycles. The molecule has 0 atom stereocenters. The number of nitrogens with one attached hydrogen (secondary N) is 1. The van der Waals surface area contributed by atoms with Gasteiger partial charge in [-0.15, -0.1) is 12.4 Å². The first-order valence-corrected chi connectivity index (χ1v) is 9.49. The van der Waals surface area contributed by atoms with Crippen LogP contribution < -0.4 is 15.0 Å². The van der Waals surface area contributed by atoms with Gasteiger partial charge in [0.2, 0.25) is 0 Å². The third-order valence-corrected chi connectivity index (χ3v) is 5.69. The Kier molecular flexibility index (Phi) is 7.93. The number of hydroxylamine groups is 1. The number of piperidine rings is 1. The molecule has 0 spiro atoms. The van der Waals surface area contributed by atoms with E-state index < -0.39 is 11.4 Å². The lowest BCUT2D eigenvalue weighted by Gasteiger charge is -2.33. The van der Waals surface area contributed by atoms with E-state index in [-0.39, 0.29) is 25.1 Å². The first-order chi connectivity index (χ1) is 13.1. The van der Waals surface area contributed by atoms with Crippen molar-refractivity contribution in [3.8, 4) is 11.5 Å². The third-order valence-electron chi connectivity index (χ3n) is 5.69. The second kappa shape index (κ2) is 9.97. The first-order valence-electron chi connectivity index (χ1n) is 9.49. The molecule has 7 nitrogen and oxygen atoms in total. The number of likely N-dealkylation sites (tertiary alicyclic amines) is 1. The van der Waals surface area contributed by atoms with Gasteiger partial charge in [-0.25, -0.2) is 12.1 Å². The lowest BCUT2D eigenvalue weighted by Crippen LogP contribution is -2.44. The van der Waals surface area contributed by atoms with E-state index in [2.05, 4.69) is 4.85 Å². The summed E-state index contributed by atoms with van der Waals surface area (Å²) in [6, 6.07) is 5.80. The Hall–Kier alpha value is -2.01. The van der Waals surface area contributed by atoms with E-state index in [4.69, 9.17) is 21.3 Å². The normalized spacial score (nSPS) is 19.3. The van der Waals surface area contributed by atoms with Gasteiger partial charge in [0.05, 0.1) is 19.8 Å². The minimum absolute atomic E-state index is 0. The molecule has 1 heterocycles. The van der Waals surface area contributed by atoms with Gasteiger partial charge in [0.15, 0.2) is 11.5 Å². The molecule has 28 heavy (non-hydrogen) atoms. The van der Waals surface area contributed by atoms with Crippen molar-refractivity contribution in [3.05, 3.63) is 35.2 Å². The maximum absolute atomic E-state index is 11.4. The van der Waals surface area contributed by atoms with Crippen LogP contribution in [0.3, 0.4) is 0 Å². The predicted molar refractivity (Wildman–Crippen MR) is 107 cm³/mol. The molecule has 1 saturated heterocycles. The number of halogens is 1. The number of amides is 1. The number of ether oxygens (including phenoxy) is 2. The van der Waals surface area contributed by atoms with E-state index in [0.29, 0.717) is 37.4 Å². The van der Waals surface area contributed by atoms with Gasteiger partial charge in [0.1, 0.15) is 0 Å². The fourth-order valence-corrected chi connectivity index (χ4v) is 4.03. The second-order valence-electron chi connectivity index (χ2n) is 7.34. The number of hydrogen-bond donors (Lipinski definition) is 2. The molecule has 1 aliphatic heterocycles. The quantitative estimate of drug-likeness (QED) is 0.429. The average Bonchev–Trinajstić information content (AvgIpc) is 3.21. The van der Waals surface area contributed by atoms with Crippen LogP contribution in [0.4, 0.5) is 0 Å². The second-order valence-corrected chi connectivity index (χ2v) is 7.34. The Labute approximate surface area is 172 Å². The van der Waals surface area contributed by atoms with Crippen LogP contribution in [0.5, 0.6) is 11.5 Å². The number of benzene rings is 1. The summed E-state index contributed by atoms with van der Waals surface area (Å²) in [4.78, 5) is 17.3. The third kappa shape index (κ3) is 4.88. The van der Waals surface area contributed by atoms with Crippen molar-refractivity contribution in [1.29, 1.82) is 0 Å². The molecule has 1 aliphatic carbocycles. The molecule has 2 fully saturated rings. The van der Waals surface area contributed by atoms with Crippen molar-refractivity contribution in [3.63, 3.8) is 0 Å². The Bertz CT molecular complexity index is 708. The first kappa shape index (κ1) is 22.3. The largest absolute Gasteiger partial charge is 0.493 e. The van der Waals surface area contributed by atoms with E-state index in [0.717, 1.165) is 18.4 Å². The van der Waals surface area contributed by atoms with Crippen molar-refractivity contribution in [2.75, 3.05) is 26.7 Å². The van der Waals surface area contributed by atoms with E-state index in [9.17, 15) is 4.79 Å². The zero-order chi connectivity index (χ0) is 19.3. The fraction of sp³-hybridized carbons (Fsp3) is 0.600. The molecule has 1 amide bonds. The minimum Gasteiger partial charge on any atom is -0.493 e. The van der Waals surface area contributed by atoms with Crippen molar-refractivity contribution < 1.29 is 19.5 Å². The zero-order valence-corrected chi connectivity index (χ0v) is 17.0. The van der Waals surface area contributed by atoms with E-state index in [1.807, 2.05) is 23.1 Å². The number of carbonyl (C=O) groups is 1. The van der Waals surface area contributed by atoms with E-state index >= 15 is 0 Å². The maximum Gasteiger partial charge on any atom is 0.260 e. The summed E-state index contributed by atoms with van der Waals surface area (Å²) in [6.07, 6.45) is 5.98. The number of rotatable bonds is 6. The summed E-state index contributed by atoms with van der Waals surface area (Å²) in [6.45, 7) is 9.23. The molecule has 1 aromatic carbocycles. The lowest BCUT2D eigenvalue weighted by atomic mass is 9.81. The Morgan fingerprint density at radius 2 is 2.00 bits per heavy atom. The van der Waals surface area contributed by atoms with Crippen LogP contribution in [-0.4, -0.2) is 48.9 Å². The van der Waals surface area contributed by atoms with E-state index in [1.54, 1.807) is 12.6 Å². The van der Waals surface area contributed by atoms with Crippen LogP contribution in [0.25, 0.3) is 4.85 Å². The zero-order valence-electron chi connectivity index (χ0n) is 16.1. The molecule has 1 aromatic rings. The van der Waals surface area contributed by atoms with E-state index in [1.165, 1.54) is 12.8 Å². The van der Waals surface area contributed by atoms with Crippen LogP contribution in [0.2, 0.25) is 0 Å². The summed E-state index contributed by atoms with van der Waals surface area (Å²) < 4.78 is 11.6. The van der Waals surface area contributed by atoms with Gasteiger partial charge in [-0.05, 0) is 43.9 Å². The van der Waals surface area contributed by atoms with Gasteiger partial charge in [0, 0.05) is 31.5 Å². The molecule has 2 aliphatic rings. The molecule has 0 bridgehead atoms. The fourth-order valence-electron chi connectivity index (χ4n) is 4.03. The minimum atomic E-state index is -0.619. The van der Waals surface area contributed by atoms with Gasteiger partial charge >= 0.3 is 0 Å². The summed E-state index contributed by atoms with van der Waals surface area (Å²) >= 11 is 0. The Morgan fingerprint density at radius 3 is 2.57 bits per heavy atom. The van der Waals surface area contributed by atoms with Crippen LogP contribution in [0, 0.1) is 6.57 Å². The summed E-state index contributed by atoms with van der Waals surface area (Å²) in [5, 5.41) is 8.69. The molecule has 0 radical (unpaired) electrons. The summed E-state index contributed by atoms with van der Waals surface area (Å²) in [5.41, 5.74) is 1.98. The highest BCUT2D eigenvalue weighted by Gasteiger charge is 2.43. The van der Waals surface area contributed by atoms with Crippen molar-refractivity contribution in [2.45, 2.75) is 50.2 Å². The highest BCUT2D eigenvalue weighted by atomic mass is 35.5. The smallest absolute Gasteiger partial charge is 0.260 e. The van der Waals surface area contributed by atoms with Crippen LogP contribution in [-0.2, 0) is 10.3 Å². The molecule has 2 N–H and O–H groups in total. The number of hydrogen-bond acceptors (Lipinski definition) is 5. The summed E-state index contributed by atoms with van der Waals surface area (Å²) in [5.74, 6) is 0.983. The van der Waals surface area contributed by atoms with Gasteiger partial charge in [0.25, 0.3) is 11.4 Å². The number of carbonyl (C=O) groups excluding carboxylic acids is 1. The summed E-state index contributed by atoms with van der Waals surface area (Å²) in [7, 11) is 1.63. The molecule has 8 heteroatoms. The highest BCUT2D eigenvalue weighted by Crippen LogP contribution is 2.41. The monoisotopic (exact) mass is 409 g/mol. The van der Waals surface area contributed by atoms with Crippen LogP contribution in [0.15, 0.2) is 18.2 Å². The molecular weight excluding hydrogens is 382 g/mol.